The lowest BCUT2D eigenvalue weighted by atomic mass is 10.1. The summed E-state index contributed by atoms with van der Waals surface area (Å²) < 4.78 is 68.3. The van der Waals surface area contributed by atoms with Crippen molar-refractivity contribution in [2.75, 3.05) is 39.6 Å². The number of allylic oxidation sites excluding steroid dienone is 21. The maximum atomic E-state index is 13.1. The summed E-state index contributed by atoms with van der Waals surface area (Å²) in [5, 5.41) is 10.6. The zero-order valence-electron chi connectivity index (χ0n) is 62.3. The molecule has 0 aliphatic rings. The Morgan fingerprint density at radius 1 is 0.300 bits per heavy atom. The summed E-state index contributed by atoms with van der Waals surface area (Å²) in [4.78, 5) is 72.8. The molecule has 0 rings (SSSR count). The first kappa shape index (κ1) is 95.2. The number of ether oxygens (including phenoxy) is 4. The number of hydrogen-bond acceptors (Lipinski definition) is 15. The highest BCUT2D eigenvalue weighted by molar-refractivity contribution is 7.47. The van der Waals surface area contributed by atoms with Crippen molar-refractivity contribution in [2.45, 2.75) is 316 Å². The van der Waals surface area contributed by atoms with Crippen LogP contribution in [0.5, 0.6) is 0 Å². The van der Waals surface area contributed by atoms with Crippen LogP contribution in [0.4, 0.5) is 0 Å². The molecule has 0 saturated heterocycles. The summed E-state index contributed by atoms with van der Waals surface area (Å²) in [5.41, 5.74) is 0. The predicted octanol–water partition coefficient (Wildman–Crippen LogP) is 22.1. The average Bonchev–Trinajstić information content (AvgIpc) is 0.932. The number of phosphoric ester groups is 2. The van der Waals surface area contributed by atoms with Crippen LogP contribution in [0.25, 0.3) is 0 Å². The van der Waals surface area contributed by atoms with E-state index < -0.39 is 97.5 Å². The van der Waals surface area contributed by atoms with Crippen molar-refractivity contribution in [2.24, 2.45) is 0 Å². The van der Waals surface area contributed by atoms with Gasteiger partial charge in [0.05, 0.1) is 32.8 Å². The number of phosphoric acid groups is 2. The molecule has 100 heavy (non-hydrogen) atoms. The van der Waals surface area contributed by atoms with E-state index in [0.29, 0.717) is 25.7 Å². The van der Waals surface area contributed by atoms with Crippen LogP contribution in [-0.2, 0) is 65.4 Å². The number of hydrogen-bond donors (Lipinski definition) is 3. The lowest BCUT2D eigenvalue weighted by Gasteiger charge is -2.21. The number of carbonyl (C=O) groups is 4. The molecular formula is C81H136O17P2. The smallest absolute Gasteiger partial charge is 0.462 e. The van der Waals surface area contributed by atoms with Crippen molar-refractivity contribution < 1.29 is 80.2 Å². The summed E-state index contributed by atoms with van der Waals surface area (Å²) in [7, 11) is -9.99. The Morgan fingerprint density at radius 3 is 0.940 bits per heavy atom. The van der Waals surface area contributed by atoms with Crippen molar-refractivity contribution >= 4 is 39.5 Å². The number of esters is 4. The molecule has 0 aromatic heterocycles. The lowest BCUT2D eigenvalue weighted by Crippen LogP contribution is -2.30. The van der Waals surface area contributed by atoms with E-state index in [4.69, 9.17) is 37.0 Å². The first-order valence-corrected chi connectivity index (χ1v) is 41.4. The van der Waals surface area contributed by atoms with Gasteiger partial charge in [0.15, 0.2) is 12.2 Å². The molecular weight excluding hydrogens is 1310 g/mol. The van der Waals surface area contributed by atoms with Crippen LogP contribution in [0.1, 0.15) is 297 Å². The Balaban J connectivity index is 5.43. The fraction of sp³-hybridized carbons (Fsp3) is 0.679. The van der Waals surface area contributed by atoms with Gasteiger partial charge in [-0.2, -0.15) is 0 Å². The van der Waals surface area contributed by atoms with Crippen molar-refractivity contribution in [3.05, 3.63) is 134 Å². The van der Waals surface area contributed by atoms with Crippen molar-refractivity contribution in [1.82, 2.24) is 0 Å². The Bertz CT molecular complexity index is 2420. The fourth-order valence-electron chi connectivity index (χ4n) is 9.81. The largest absolute Gasteiger partial charge is 0.472 e. The van der Waals surface area contributed by atoms with Gasteiger partial charge in [-0.1, -0.05) is 271 Å². The van der Waals surface area contributed by atoms with Crippen LogP contribution in [0, 0.1) is 0 Å². The van der Waals surface area contributed by atoms with Gasteiger partial charge in [-0.3, -0.25) is 37.3 Å². The van der Waals surface area contributed by atoms with E-state index in [2.05, 4.69) is 137 Å². The van der Waals surface area contributed by atoms with E-state index in [1.54, 1.807) is 12.2 Å². The molecule has 0 aromatic rings. The first-order valence-electron chi connectivity index (χ1n) is 38.4. The summed E-state index contributed by atoms with van der Waals surface area (Å²) in [5.74, 6) is -2.36. The third kappa shape index (κ3) is 71.6. The molecule has 5 atom stereocenters. The maximum absolute atomic E-state index is 13.1. The predicted molar refractivity (Wildman–Crippen MR) is 408 cm³/mol. The molecule has 0 aliphatic heterocycles. The molecule has 572 valence electrons. The minimum absolute atomic E-state index is 0.0725. The molecule has 0 amide bonds. The molecule has 0 spiro atoms. The molecule has 0 heterocycles. The Kier molecular flexibility index (Phi) is 69.1. The van der Waals surface area contributed by atoms with E-state index in [9.17, 15) is 43.2 Å². The van der Waals surface area contributed by atoms with Crippen molar-refractivity contribution in [1.29, 1.82) is 0 Å². The molecule has 3 N–H and O–H groups in total. The highest BCUT2D eigenvalue weighted by atomic mass is 31.2. The number of unbranched alkanes of at least 4 members (excludes halogenated alkanes) is 24. The van der Waals surface area contributed by atoms with Crippen LogP contribution in [0.15, 0.2) is 134 Å². The number of carbonyl (C=O) groups excluding carboxylic acids is 4. The third-order valence-electron chi connectivity index (χ3n) is 15.6. The quantitative estimate of drug-likeness (QED) is 0.0169. The van der Waals surface area contributed by atoms with Crippen LogP contribution >= 0.6 is 15.6 Å². The van der Waals surface area contributed by atoms with Gasteiger partial charge in [-0.15, -0.1) is 0 Å². The van der Waals surface area contributed by atoms with Crippen LogP contribution in [0.3, 0.4) is 0 Å². The molecule has 17 nitrogen and oxygen atoms in total. The molecule has 0 saturated carbocycles. The van der Waals surface area contributed by atoms with Gasteiger partial charge >= 0.3 is 39.5 Å². The molecule has 5 unspecified atom stereocenters. The summed E-state index contributed by atoms with van der Waals surface area (Å²) in [6, 6.07) is 0. The molecule has 0 radical (unpaired) electrons. The summed E-state index contributed by atoms with van der Waals surface area (Å²) in [6.07, 6.45) is 80.4. The zero-order valence-corrected chi connectivity index (χ0v) is 64.1. The van der Waals surface area contributed by atoms with Gasteiger partial charge in [-0.25, -0.2) is 9.13 Å². The molecule has 0 aliphatic carbocycles. The normalized spacial score (nSPS) is 14.7. The third-order valence-corrected chi connectivity index (χ3v) is 17.5. The Hall–Kier alpha value is -4.80. The van der Waals surface area contributed by atoms with E-state index in [0.717, 1.165) is 180 Å². The van der Waals surface area contributed by atoms with Crippen LogP contribution in [-0.4, -0.2) is 96.7 Å². The van der Waals surface area contributed by atoms with Crippen molar-refractivity contribution in [3.63, 3.8) is 0 Å². The van der Waals surface area contributed by atoms with Gasteiger partial charge in [0, 0.05) is 19.3 Å². The maximum Gasteiger partial charge on any atom is 0.472 e. The number of aliphatic hydroxyl groups is 1. The monoisotopic (exact) mass is 1440 g/mol. The van der Waals surface area contributed by atoms with Gasteiger partial charge in [-0.05, 0) is 135 Å². The number of aliphatic hydroxyl groups excluding tert-OH is 1. The van der Waals surface area contributed by atoms with Gasteiger partial charge in [0.1, 0.15) is 19.3 Å². The topological polar surface area (TPSA) is 237 Å². The standard InChI is InChI=1S/C81H136O17P2/c1-5-9-13-17-21-25-29-33-36-37-40-43-46-50-54-58-62-66-79(84)92-72-77(98-81(86)68-64-60-56-52-48-44-39-35-31-27-23-19-15-11-7-3)74-96-100(89,90)94-70-75(82)69-93-99(87,88)95-73-76(97-80(85)67-63-59-55-51-47-41-32-28-24-20-16-12-8-4)71-91-78(83)65-61-57-53-49-45-42-38-34-30-26-22-18-14-10-6-2/h9,11,13,15-16,20-21,23,25,27-28,32-36,38-39,48,52,60,64,75-77,82H,5-8,10,12,14,17-19,22,24,26,29-31,37,40-47,49-51,53-59,61-63,65-74H2,1-4H3,(H,87,88)(H,89,90)/b13-9-,15-11-,20-16-,25-21-,27-23-,32-28-,36-33-,38-34-,39-35-,52-48-,64-60-. The Morgan fingerprint density at radius 2 is 0.580 bits per heavy atom. The molecule has 0 bridgehead atoms. The highest BCUT2D eigenvalue weighted by Crippen LogP contribution is 2.45. The minimum atomic E-state index is -5.01. The first-order chi connectivity index (χ1) is 48.7. The SMILES string of the molecule is CC/C=C\C/C=C\C/C=C\C/C=C\C/C=C\CC(=O)OC(COC(=O)CCCCCCCCC/C=C\C/C=C\C/C=C\CC)COP(=O)(O)OCC(O)COP(=O)(O)OCC(COC(=O)CCCCCCC/C=C\CCCCCCCC)OC(=O)CCCCCCC/C=C\C/C=C\CCC. The summed E-state index contributed by atoms with van der Waals surface area (Å²) in [6.45, 7) is 4.43. The van der Waals surface area contributed by atoms with Crippen molar-refractivity contribution in [3.8, 4) is 0 Å². The second-order valence-electron chi connectivity index (χ2n) is 25.2. The van der Waals surface area contributed by atoms with Crippen LogP contribution in [0.2, 0.25) is 0 Å². The second-order valence-corrected chi connectivity index (χ2v) is 28.1. The second kappa shape index (κ2) is 72.5. The Labute approximate surface area is 605 Å². The van der Waals surface area contributed by atoms with Gasteiger partial charge < -0.3 is 33.8 Å². The van der Waals surface area contributed by atoms with Crippen LogP contribution < -0.4 is 0 Å². The highest BCUT2D eigenvalue weighted by Gasteiger charge is 2.30. The molecule has 19 heteroatoms. The van der Waals surface area contributed by atoms with E-state index in [1.165, 1.54) is 38.5 Å². The van der Waals surface area contributed by atoms with Gasteiger partial charge in [0.2, 0.25) is 0 Å². The molecule has 0 fully saturated rings. The van der Waals surface area contributed by atoms with Gasteiger partial charge in [0.25, 0.3) is 0 Å². The van der Waals surface area contributed by atoms with E-state index in [-0.39, 0.29) is 25.7 Å². The summed E-state index contributed by atoms with van der Waals surface area (Å²) >= 11 is 0. The fourth-order valence-corrected chi connectivity index (χ4v) is 11.4. The lowest BCUT2D eigenvalue weighted by molar-refractivity contribution is -0.161. The minimum Gasteiger partial charge on any atom is -0.462 e. The molecule has 0 aromatic carbocycles. The zero-order chi connectivity index (χ0) is 73.2. The number of rotatable bonds is 71. The van der Waals surface area contributed by atoms with E-state index >= 15 is 0 Å². The van der Waals surface area contributed by atoms with E-state index in [1.807, 2.05) is 12.2 Å². The average molecular weight is 1440 g/mol.